The van der Waals surface area contributed by atoms with Gasteiger partial charge in [-0.1, -0.05) is 65.9 Å². The molecule has 2 aliphatic carbocycles. The Hall–Kier alpha value is -5.27. The Bertz CT molecular complexity index is 2300. The highest BCUT2D eigenvalue weighted by Gasteiger charge is 2.69. The first kappa shape index (κ1) is 30.8. The molecule has 0 unspecified atom stereocenters. The number of nitro benzene ring substituents is 1. The van der Waals surface area contributed by atoms with E-state index in [1.54, 1.807) is 11.8 Å². The Morgan fingerprint density at radius 3 is 2.44 bits per heavy atom. The number of carbonyl (C=O) groups excluding carboxylic acids is 3. The predicted molar refractivity (Wildman–Crippen MR) is 189 cm³/mol. The van der Waals surface area contributed by atoms with Gasteiger partial charge in [0, 0.05) is 44.8 Å². The Labute approximate surface area is 292 Å². The second kappa shape index (κ2) is 11.7. The van der Waals surface area contributed by atoms with E-state index in [2.05, 4.69) is 10.3 Å². The summed E-state index contributed by atoms with van der Waals surface area (Å²) in [7, 11) is 0. The maximum atomic E-state index is 14.1. The van der Waals surface area contributed by atoms with Crippen molar-refractivity contribution in [3.63, 3.8) is 0 Å². The lowest BCUT2D eigenvalue weighted by Crippen LogP contribution is -2.42. The van der Waals surface area contributed by atoms with Crippen molar-refractivity contribution in [2.45, 2.75) is 22.6 Å². The number of hydrogen-bond donors (Lipinski definition) is 2. The normalized spacial score (nSPS) is 26.1. The largest absolute Gasteiger partial charge is 0.483 e. The Morgan fingerprint density at radius 2 is 1.64 bits per heavy atom. The van der Waals surface area contributed by atoms with E-state index in [4.69, 9.17) is 4.74 Å². The minimum atomic E-state index is -0.538. The summed E-state index contributed by atoms with van der Waals surface area (Å²) in [6.07, 6.45) is 0.704. The van der Waals surface area contributed by atoms with Crippen LogP contribution in [0.4, 0.5) is 17.1 Å². The zero-order chi connectivity index (χ0) is 34.3. The van der Waals surface area contributed by atoms with E-state index in [1.807, 2.05) is 66.7 Å². The number of anilines is 2. The van der Waals surface area contributed by atoms with Crippen LogP contribution < -0.4 is 19.8 Å². The quantitative estimate of drug-likeness (QED) is 0.116. The first-order valence-electron chi connectivity index (χ1n) is 16.3. The van der Waals surface area contributed by atoms with Crippen LogP contribution >= 0.6 is 23.1 Å². The van der Waals surface area contributed by atoms with Crippen LogP contribution in [0.15, 0.2) is 101 Å². The monoisotopic (exact) mass is 704 g/mol. The molecule has 2 N–H and O–H groups in total. The summed E-state index contributed by atoms with van der Waals surface area (Å²) in [4.78, 5) is 69.6. The number of fused-ring (bicyclic) bond motifs is 10. The van der Waals surface area contributed by atoms with Crippen molar-refractivity contribution in [1.29, 1.82) is 0 Å². The number of ether oxygens (including phenoxy) is 1. The summed E-state index contributed by atoms with van der Waals surface area (Å²) < 4.78 is 6.23. The van der Waals surface area contributed by atoms with E-state index >= 15 is 0 Å². The molecule has 3 heterocycles. The van der Waals surface area contributed by atoms with Crippen molar-refractivity contribution in [3.05, 3.63) is 121 Å². The third kappa shape index (κ3) is 4.71. The van der Waals surface area contributed by atoms with Gasteiger partial charge in [-0.3, -0.25) is 34.2 Å². The Balaban J connectivity index is 1.03. The van der Waals surface area contributed by atoms with Gasteiger partial charge in [0.1, 0.15) is 5.75 Å². The summed E-state index contributed by atoms with van der Waals surface area (Å²) in [5.41, 5.74) is 1.72. The number of benzene rings is 4. The molecular formula is C37H28N4O7S2. The lowest BCUT2D eigenvalue weighted by atomic mass is 9.68. The van der Waals surface area contributed by atoms with Crippen LogP contribution in [0.25, 0.3) is 10.8 Å². The van der Waals surface area contributed by atoms with Gasteiger partial charge in [0.25, 0.3) is 11.6 Å². The SMILES string of the molecule is O=C(COc1ccccc1[C@@H]1c2sc(=O)[nH]c2S[C@@H]2[C@@H]3C[C@@H]([C@@H]4C(=O)N(c5ccc([N+](=O)[O-])cc5)C(=O)[C@@H]34)[C@H]12)Nc1cccc2ccccc12. The van der Waals surface area contributed by atoms with Gasteiger partial charge in [0.05, 0.1) is 27.5 Å². The summed E-state index contributed by atoms with van der Waals surface area (Å²) in [6.45, 7) is -0.236. The van der Waals surface area contributed by atoms with Gasteiger partial charge in [0.15, 0.2) is 6.61 Å². The fourth-order valence-corrected chi connectivity index (χ4v) is 11.8. The van der Waals surface area contributed by atoms with Crippen LogP contribution in [0, 0.1) is 39.7 Å². The first-order valence-corrected chi connectivity index (χ1v) is 18.0. The summed E-state index contributed by atoms with van der Waals surface area (Å²) in [6, 6.07) is 26.6. The number of nitrogens with zero attached hydrogens (tertiary/aromatic N) is 2. The predicted octanol–water partition coefficient (Wildman–Crippen LogP) is 6.19. The number of carbonyl (C=O) groups is 3. The lowest BCUT2D eigenvalue weighted by Gasteiger charge is -2.43. The zero-order valence-corrected chi connectivity index (χ0v) is 27.8. The zero-order valence-electron chi connectivity index (χ0n) is 26.2. The summed E-state index contributed by atoms with van der Waals surface area (Å²) >= 11 is 2.73. The van der Waals surface area contributed by atoms with E-state index in [1.165, 1.54) is 29.2 Å². The van der Waals surface area contributed by atoms with Crippen LogP contribution in [-0.4, -0.2) is 39.5 Å². The fourth-order valence-electron chi connectivity index (χ4n) is 8.88. The topological polar surface area (TPSA) is 152 Å². The van der Waals surface area contributed by atoms with Gasteiger partial charge in [-0.25, -0.2) is 0 Å². The summed E-state index contributed by atoms with van der Waals surface area (Å²) in [5, 5.41) is 16.9. The maximum Gasteiger partial charge on any atom is 0.305 e. The van der Waals surface area contributed by atoms with E-state index in [-0.39, 0.29) is 63.8 Å². The third-order valence-corrected chi connectivity index (χ3v) is 13.3. The summed E-state index contributed by atoms with van der Waals surface area (Å²) in [5.74, 6) is -2.02. The number of aromatic amines is 1. The molecule has 2 aliphatic heterocycles. The molecule has 3 amide bonds. The lowest BCUT2D eigenvalue weighted by molar-refractivity contribution is -0.384. The molecule has 1 saturated heterocycles. The molecule has 0 spiro atoms. The minimum Gasteiger partial charge on any atom is -0.483 e. The van der Waals surface area contributed by atoms with Gasteiger partial charge >= 0.3 is 4.87 Å². The highest BCUT2D eigenvalue weighted by Crippen LogP contribution is 2.69. The molecular weight excluding hydrogens is 677 g/mol. The van der Waals surface area contributed by atoms with Gasteiger partial charge in [-0.2, -0.15) is 0 Å². The van der Waals surface area contributed by atoms with Gasteiger partial charge in [-0.15, -0.1) is 11.8 Å². The highest BCUT2D eigenvalue weighted by atomic mass is 32.2. The standard InChI is InChI=1S/C37H28N4O7S2/c42-27(38-25-10-5-7-18-6-1-2-8-21(18)25)17-48-26-11-4-3-9-22(26)28-29-23-16-24(32(29)49-34-33(28)50-37(45)39-34)31-30(23)35(43)40(36(31)44)19-12-14-20(15-13-19)41(46)47/h1-15,23-24,28-32H,16-17H2,(H,38,42)(H,39,45)/t23-,24-,28+,29-,30+,31+,32-/m1/s1. The fraction of sp³-hybridized carbons (Fsp3) is 0.243. The molecule has 3 fully saturated rings. The average Bonchev–Trinajstić information content (AvgIpc) is 3.86. The van der Waals surface area contributed by atoms with Crippen LogP contribution in [0.5, 0.6) is 5.75 Å². The molecule has 9 rings (SSSR count). The van der Waals surface area contributed by atoms with Gasteiger partial charge < -0.3 is 15.0 Å². The molecule has 50 heavy (non-hydrogen) atoms. The number of non-ortho nitro benzene ring substituents is 1. The Morgan fingerprint density at radius 1 is 0.920 bits per heavy atom. The molecule has 2 saturated carbocycles. The molecule has 7 atom stereocenters. The minimum absolute atomic E-state index is 0.0414. The van der Waals surface area contributed by atoms with Crippen molar-refractivity contribution in [3.8, 4) is 5.75 Å². The van der Waals surface area contributed by atoms with Crippen molar-refractivity contribution in [2.75, 3.05) is 16.8 Å². The number of imide groups is 1. The molecule has 4 aliphatic rings. The van der Waals surface area contributed by atoms with Crippen molar-refractivity contribution < 1.29 is 24.0 Å². The number of thiazole rings is 1. The van der Waals surface area contributed by atoms with Crippen molar-refractivity contribution >= 4 is 68.7 Å². The number of H-pyrrole nitrogens is 1. The third-order valence-electron chi connectivity index (χ3n) is 10.7. The first-order chi connectivity index (χ1) is 24.3. The van der Waals surface area contributed by atoms with Crippen molar-refractivity contribution in [1.82, 2.24) is 4.98 Å². The molecule has 4 aromatic carbocycles. The number of para-hydroxylation sites is 1. The van der Waals surface area contributed by atoms with Crippen molar-refractivity contribution in [2.24, 2.45) is 29.6 Å². The molecule has 11 nitrogen and oxygen atoms in total. The van der Waals surface area contributed by atoms with Gasteiger partial charge in [-0.05, 0) is 53.8 Å². The van der Waals surface area contributed by atoms with Crippen LogP contribution in [-0.2, 0) is 14.4 Å². The number of rotatable bonds is 7. The average molecular weight is 705 g/mol. The molecule has 5 aromatic rings. The number of hydrogen-bond acceptors (Lipinski definition) is 9. The second-order valence-corrected chi connectivity index (χ2v) is 15.4. The number of nitro groups is 1. The molecule has 13 heteroatoms. The van der Waals surface area contributed by atoms with E-state index in [0.717, 1.165) is 37.6 Å². The smallest absolute Gasteiger partial charge is 0.305 e. The number of aromatic nitrogens is 1. The van der Waals surface area contributed by atoms with Gasteiger partial charge in [0.2, 0.25) is 11.8 Å². The van der Waals surface area contributed by atoms with E-state index < -0.39 is 16.8 Å². The number of thioether (sulfide) groups is 1. The van der Waals surface area contributed by atoms with E-state index in [0.29, 0.717) is 23.5 Å². The van der Waals surface area contributed by atoms with Crippen LogP contribution in [0.3, 0.4) is 0 Å². The maximum absolute atomic E-state index is 14.1. The molecule has 2 bridgehead atoms. The second-order valence-electron chi connectivity index (χ2n) is 13.1. The molecule has 1 aromatic heterocycles. The molecule has 0 radical (unpaired) electrons. The highest BCUT2D eigenvalue weighted by molar-refractivity contribution is 8.00. The Kier molecular flexibility index (Phi) is 7.18. The number of nitrogens with one attached hydrogen (secondary N) is 2. The van der Waals surface area contributed by atoms with Crippen LogP contribution in [0.1, 0.15) is 22.8 Å². The molecule has 250 valence electrons. The van der Waals surface area contributed by atoms with Crippen LogP contribution in [0.2, 0.25) is 0 Å². The number of amides is 3. The van der Waals surface area contributed by atoms with E-state index in [9.17, 15) is 29.3 Å².